The third-order valence-corrected chi connectivity index (χ3v) is 4.23. The highest BCUT2D eigenvalue weighted by molar-refractivity contribution is 5.91. The molecule has 80 valence electrons. The molecule has 0 aromatic rings. The lowest BCUT2D eigenvalue weighted by atomic mass is 9.46. The van der Waals surface area contributed by atoms with E-state index in [1.165, 1.54) is 6.42 Å². The van der Waals surface area contributed by atoms with E-state index >= 15 is 0 Å². The molecule has 3 heteroatoms. The number of aliphatic hydroxyl groups excluding tert-OH is 1. The van der Waals surface area contributed by atoms with Crippen LogP contribution in [0.5, 0.6) is 0 Å². The second-order valence-electron chi connectivity index (χ2n) is 5.12. The van der Waals surface area contributed by atoms with Crippen molar-refractivity contribution in [3.63, 3.8) is 0 Å². The van der Waals surface area contributed by atoms with Crippen molar-refractivity contribution in [1.82, 2.24) is 0 Å². The molecule has 3 aliphatic carbocycles. The monoisotopic (exact) mass is 197 g/mol. The van der Waals surface area contributed by atoms with Crippen LogP contribution in [0.2, 0.25) is 0 Å². The van der Waals surface area contributed by atoms with Crippen LogP contribution >= 0.6 is 0 Å². The zero-order valence-electron chi connectivity index (χ0n) is 9.16. The summed E-state index contributed by atoms with van der Waals surface area (Å²) >= 11 is 0. The number of nitrogens with zero attached hydrogens (tertiary/aromatic N) is 1. The van der Waals surface area contributed by atoms with Crippen molar-refractivity contribution in [2.45, 2.75) is 26.7 Å². The number of hydrogen-bond donors (Lipinski definition) is 1. The predicted molar refractivity (Wildman–Crippen MR) is 55.0 cm³/mol. The van der Waals surface area contributed by atoms with Crippen molar-refractivity contribution >= 4 is 5.71 Å². The Hall–Kier alpha value is -0.570. The fraction of sp³-hybridized carbons (Fsp3) is 0.909. The molecule has 0 heterocycles. The van der Waals surface area contributed by atoms with Gasteiger partial charge in [-0.3, -0.25) is 0 Å². The maximum atomic E-state index is 9.26. The van der Waals surface area contributed by atoms with E-state index in [4.69, 9.17) is 4.84 Å². The molecule has 3 unspecified atom stereocenters. The van der Waals surface area contributed by atoms with Crippen LogP contribution in [0.4, 0.5) is 0 Å². The van der Waals surface area contributed by atoms with Crippen LogP contribution in [0.3, 0.4) is 0 Å². The summed E-state index contributed by atoms with van der Waals surface area (Å²) in [5.74, 6) is 1.53. The minimum absolute atomic E-state index is 0.214. The lowest BCUT2D eigenvalue weighted by Crippen LogP contribution is -2.56. The van der Waals surface area contributed by atoms with Gasteiger partial charge in [0.05, 0.1) is 12.3 Å². The van der Waals surface area contributed by atoms with Gasteiger partial charge in [0.15, 0.2) is 0 Å². The summed E-state index contributed by atoms with van der Waals surface area (Å²) < 4.78 is 0. The Kier molecular flexibility index (Phi) is 2.30. The molecule has 3 saturated carbocycles. The molecule has 0 aromatic carbocycles. The molecule has 0 aliphatic heterocycles. The normalized spacial score (nSPS) is 42.0. The Morgan fingerprint density at radius 1 is 1.50 bits per heavy atom. The number of hydrogen-bond acceptors (Lipinski definition) is 3. The zero-order chi connectivity index (χ0) is 10.3. The summed E-state index contributed by atoms with van der Waals surface area (Å²) in [6.45, 7) is 4.81. The average molecular weight is 197 g/mol. The SMILES string of the molecule is CON=C1C(CO)CC2CC1C2(C)C. The quantitative estimate of drug-likeness (QED) is 0.684. The Bertz CT molecular complexity index is 260. The number of aliphatic hydroxyl groups is 1. The van der Waals surface area contributed by atoms with Crippen molar-refractivity contribution in [2.24, 2.45) is 28.3 Å². The Morgan fingerprint density at radius 3 is 2.71 bits per heavy atom. The lowest BCUT2D eigenvalue weighted by Gasteiger charge is -2.58. The van der Waals surface area contributed by atoms with Crippen LogP contribution in [0.1, 0.15) is 26.7 Å². The highest BCUT2D eigenvalue weighted by atomic mass is 16.6. The molecule has 0 aromatic heterocycles. The zero-order valence-corrected chi connectivity index (χ0v) is 9.16. The topological polar surface area (TPSA) is 41.8 Å². The van der Waals surface area contributed by atoms with Crippen LogP contribution < -0.4 is 0 Å². The van der Waals surface area contributed by atoms with Gasteiger partial charge in [-0.2, -0.15) is 0 Å². The summed E-state index contributed by atoms with van der Waals surface area (Å²) in [5.41, 5.74) is 1.45. The second-order valence-corrected chi connectivity index (χ2v) is 5.12. The minimum atomic E-state index is 0.214. The minimum Gasteiger partial charge on any atom is -0.399 e. The van der Waals surface area contributed by atoms with Crippen molar-refractivity contribution < 1.29 is 9.94 Å². The first-order chi connectivity index (χ1) is 6.61. The van der Waals surface area contributed by atoms with Gasteiger partial charge in [0.25, 0.3) is 0 Å². The summed E-state index contributed by atoms with van der Waals surface area (Å²) in [4.78, 5) is 4.88. The molecular weight excluding hydrogens is 178 g/mol. The lowest BCUT2D eigenvalue weighted by molar-refractivity contribution is -0.0244. The predicted octanol–water partition coefficient (Wildman–Crippen LogP) is 1.66. The largest absolute Gasteiger partial charge is 0.399 e. The Labute approximate surface area is 85.1 Å². The average Bonchev–Trinajstić information content (AvgIpc) is 2.18. The van der Waals surface area contributed by atoms with E-state index in [9.17, 15) is 5.11 Å². The summed E-state index contributed by atoms with van der Waals surface area (Å²) in [5, 5.41) is 13.4. The van der Waals surface area contributed by atoms with Gasteiger partial charge in [-0.25, -0.2) is 0 Å². The third kappa shape index (κ3) is 1.18. The van der Waals surface area contributed by atoms with Crippen molar-refractivity contribution in [3.05, 3.63) is 0 Å². The first-order valence-electron chi connectivity index (χ1n) is 5.33. The van der Waals surface area contributed by atoms with E-state index in [2.05, 4.69) is 19.0 Å². The van der Waals surface area contributed by atoms with Crippen molar-refractivity contribution in [1.29, 1.82) is 0 Å². The van der Waals surface area contributed by atoms with Crippen molar-refractivity contribution in [2.75, 3.05) is 13.7 Å². The van der Waals surface area contributed by atoms with Gasteiger partial charge >= 0.3 is 0 Å². The fourth-order valence-electron chi connectivity index (χ4n) is 3.08. The maximum Gasteiger partial charge on any atom is 0.106 e. The standard InChI is InChI=1S/C11H19NO2/c1-11(2)8-4-7(6-13)10(12-14-3)9(11)5-8/h7-9,13H,4-6H2,1-3H3. The van der Waals surface area contributed by atoms with Gasteiger partial charge in [-0.1, -0.05) is 19.0 Å². The van der Waals surface area contributed by atoms with E-state index < -0.39 is 0 Å². The van der Waals surface area contributed by atoms with Crippen LogP contribution in [0, 0.1) is 23.2 Å². The summed E-state index contributed by atoms with van der Waals surface area (Å²) in [6, 6.07) is 0. The smallest absolute Gasteiger partial charge is 0.106 e. The van der Waals surface area contributed by atoms with Gasteiger partial charge in [0, 0.05) is 11.8 Å². The molecule has 0 spiro atoms. The van der Waals surface area contributed by atoms with Crippen molar-refractivity contribution in [3.8, 4) is 0 Å². The van der Waals surface area contributed by atoms with Crippen LogP contribution in [-0.2, 0) is 4.84 Å². The fourth-order valence-corrected chi connectivity index (χ4v) is 3.08. The van der Waals surface area contributed by atoms with Gasteiger partial charge in [-0.05, 0) is 24.2 Å². The number of rotatable bonds is 2. The van der Waals surface area contributed by atoms with E-state index in [0.717, 1.165) is 18.1 Å². The molecule has 3 rings (SSSR count). The molecule has 0 amide bonds. The Morgan fingerprint density at radius 2 is 2.21 bits per heavy atom. The van der Waals surface area contributed by atoms with Crippen LogP contribution in [0.25, 0.3) is 0 Å². The third-order valence-electron chi connectivity index (χ3n) is 4.23. The molecule has 0 radical (unpaired) electrons. The van der Waals surface area contributed by atoms with Gasteiger partial charge in [-0.15, -0.1) is 0 Å². The molecular formula is C11H19NO2. The van der Waals surface area contributed by atoms with E-state index in [0.29, 0.717) is 11.3 Å². The van der Waals surface area contributed by atoms with Gasteiger partial charge in [0.1, 0.15) is 7.11 Å². The molecule has 3 atom stereocenters. The molecule has 14 heavy (non-hydrogen) atoms. The molecule has 3 nitrogen and oxygen atoms in total. The van der Waals surface area contributed by atoms with Crippen LogP contribution in [-0.4, -0.2) is 24.5 Å². The van der Waals surface area contributed by atoms with E-state index in [1.807, 2.05) is 0 Å². The summed E-state index contributed by atoms with van der Waals surface area (Å²) in [6.07, 6.45) is 2.30. The molecule has 3 fully saturated rings. The van der Waals surface area contributed by atoms with E-state index in [1.54, 1.807) is 7.11 Å². The first kappa shape index (κ1) is 9.97. The highest BCUT2D eigenvalue weighted by Crippen LogP contribution is 2.59. The molecule has 0 saturated heterocycles. The second kappa shape index (κ2) is 3.23. The molecule has 3 aliphatic rings. The summed E-state index contributed by atoms with van der Waals surface area (Å²) in [7, 11) is 1.58. The molecule has 2 bridgehead atoms. The Balaban J connectivity index is 2.22. The van der Waals surface area contributed by atoms with Crippen LogP contribution in [0.15, 0.2) is 5.16 Å². The maximum absolute atomic E-state index is 9.26. The number of oxime groups is 1. The number of fused-ring (bicyclic) bond motifs is 2. The highest BCUT2D eigenvalue weighted by Gasteiger charge is 2.56. The van der Waals surface area contributed by atoms with Gasteiger partial charge in [0.2, 0.25) is 0 Å². The van der Waals surface area contributed by atoms with E-state index in [-0.39, 0.29) is 12.5 Å². The first-order valence-corrected chi connectivity index (χ1v) is 5.33. The van der Waals surface area contributed by atoms with Gasteiger partial charge < -0.3 is 9.94 Å². The molecule has 1 N–H and O–H groups in total.